The van der Waals surface area contributed by atoms with Gasteiger partial charge in [-0.2, -0.15) is 0 Å². The molecule has 0 saturated heterocycles. The molecule has 0 heterocycles. The molecule has 1 aromatic rings. The van der Waals surface area contributed by atoms with Gasteiger partial charge in [-0.1, -0.05) is 26.0 Å². The highest BCUT2D eigenvalue weighted by atomic mass is 32.2. The minimum Gasteiger partial charge on any atom is -0.398 e. The molecule has 1 amide bonds. The second-order valence-electron chi connectivity index (χ2n) is 4.95. The van der Waals surface area contributed by atoms with E-state index in [4.69, 9.17) is 11.5 Å². The Balaban J connectivity index is 2.57. The summed E-state index contributed by atoms with van der Waals surface area (Å²) in [4.78, 5) is 12.1. The van der Waals surface area contributed by atoms with Crippen molar-refractivity contribution in [2.75, 3.05) is 17.2 Å². The highest BCUT2D eigenvalue weighted by Crippen LogP contribution is 2.24. The van der Waals surface area contributed by atoms with E-state index in [0.29, 0.717) is 11.4 Å². The van der Waals surface area contributed by atoms with Crippen molar-refractivity contribution in [3.63, 3.8) is 0 Å². The Labute approximate surface area is 129 Å². The molecule has 0 fully saturated rings. The number of hydrogen-bond acceptors (Lipinski definition) is 5. The van der Waals surface area contributed by atoms with E-state index >= 15 is 0 Å². The number of nitrogen functional groups attached to an aromatic ring is 1. The molecule has 0 aromatic heterocycles. The molecule has 0 bridgehead atoms. The van der Waals surface area contributed by atoms with Crippen LogP contribution in [0.5, 0.6) is 0 Å². The lowest BCUT2D eigenvalue weighted by Crippen LogP contribution is -2.48. The first-order valence-corrected chi connectivity index (χ1v) is 9.13. The van der Waals surface area contributed by atoms with Gasteiger partial charge in [-0.3, -0.25) is 4.79 Å². The number of hydrogen-bond donors (Lipinski definition) is 3. The highest BCUT2D eigenvalue weighted by molar-refractivity contribution is 8.00. The van der Waals surface area contributed by atoms with Crippen LogP contribution in [-0.2, 0) is 14.8 Å². The summed E-state index contributed by atoms with van der Waals surface area (Å²) in [6.07, 6.45) is 0. The van der Waals surface area contributed by atoms with Crippen molar-refractivity contribution in [3.05, 3.63) is 24.3 Å². The average Bonchev–Trinajstić information content (AvgIpc) is 2.37. The molecule has 1 rings (SSSR count). The average molecular weight is 331 g/mol. The molecular formula is C13H21N3O3S2. The van der Waals surface area contributed by atoms with Crippen LogP contribution >= 0.6 is 11.8 Å². The van der Waals surface area contributed by atoms with Crippen LogP contribution in [0.3, 0.4) is 0 Å². The minimum absolute atomic E-state index is 0.109. The Kier molecular flexibility index (Phi) is 6.50. The topological polar surface area (TPSA) is 115 Å². The number of nitrogens with two attached hydrogens (primary N) is 2. The Bertz CT molecular complexity index is 588. The standard InChI is InChI=1S/C13H21N3O3S2/c1-9(2)12(13(15)17)16-21(18,19)8-7-20-11-6-4-3-5-10(11)14/h3-6,9,12,16H,7-8,14H2,1-2H3,(H2,15,17). The Morgan fingerprint density at radius 3 is 2.48 bits per heavy atom. The zero-order valence-corrected chi connectivity index (χ0v) is 13.7. The van der Waals surface area contributed by atoms with Crippen molar-refractivity contribution < 1.29 is 13.2 Å². The number of carbonyl (C=O) groups is 1. The predicted octanol–water partition coefficient (Wildman–Crippen LogP) is 0.790. The number of carbonyl (C=O) groups excluding carboxylic acids is 1. The number of para-hydroxylation sites is 1. The quantitative estimate of drug-likeness (QED) is 0.481. The SMILES string of the molecule is CC(C)C(NS(=O)(=O)CCSc1ccccc1N)C(N)=O. The lowest BCUT2D eigenvalue weighted by atomic mass is 10.1. The normalized spacial score (nSPS) is 13.3. The number of thioether (sulfide) groups is 1. The molecule has 0 aliphatic carbocycles. The first-order chi connectivity index (χ1) is 9.73. The summed E-state index contributed by atoms with van der Waals surface area (Å²) in [5.41, 5.74) is 11.6. The number of amides is 1. The van der Waals surface area contributed by atoms with Crippen LogP contribution in [0.15, 0.2) is 29.2 Å². The summed E-state index contributed by atoms with van der Waals surface area (Å²) in [6, 6.07) is 6.37. The van der Waals surface area contributed by atoms with Crippen LogP contribution in [0, 0.1) is 5.92 Å². The first kappa shape index (κ1) is 17.8. The number of benzene rings is 1. The molecule has 1 unspecified atom stereocenters. The Morgan fingerprint density at radius 1 is 1.33 bits per heavy atom. The van der Waals surface area contributed by atoms with E-state index in [0.717, 1.165) is 4.90 Å². The fraction of sp³-hybridized carbons (Fsp3) is 0.462. The zero-order chi connectivity index (χ0) is 16.0. The summed E-state index contributed by atoms with van der Waals surface area (Å²) >= 11 is 1.36. The summed E-state index contributed by atoms with van der Waals surface area (Å²) in [6.45, 7) is 3.47. The predicted molar refractivity (Wildman–Crippen MR) is 86.3 cm³/mol. The van der Waals surface area contributed by atoms with Crippen molar-refractivity contribution >= 4 is 33.4 Å². The van der Waals surface area contributed by atoms with Gasteiger partial charge in [0.1, 0.15) is 6.04 Å². The molecule has 1 atom stereocenters. The lowest BCUT2D eigenvalue weighted by Gasteiger charge is -2.18. The molecule has 0 aliphatic rings. The van der Waals surface area contributed by atoms with Gasteiger partial charge in [-0.25, -0.2) is 13.1 Å². The van der Waals surface area contributed by atoms with E-state index in [1.54, 1.807) is 19.9 Å². The fourth-order valence-electron chi connectivity index (χ4n) is 1.65. The van der Waals surface area contributed by atoms with Gasteiger partial charge in [0.25, 0.3) is 0 Å². The van der Waals surface area contributed by atoms with Crippen molar-refractivity contribution in [3.8, 4) is 0 Å². The van der Waals surface area contributed by atoms with Crippen molar-refractivity contribution in [2.24, 2.45) is 11.7 Å². The van der Waals surface area contributed by atoms with Gasteiger partial charge >= 0.3 is 0 Å². The van der Waals surface area contributed by atoms with Crippen LogP contribution in [0.2, 0.25) is 0 Å². The second-order valence-corrected chi connectivity index (χ2v) is 7.96. The largest absolute Gasteiger partial charge is 0.398 e. The molecule has 6 nitrogen and oxygen atoms in total. The van der Waals surface area contributed by atoms with E-state index in [-0.39, 0.29) is 11.7 Å². The smallest absolute Gasteiger partial charge is 0.235 e. The van der Waals surface area contributed by atoms with Crippen molar-refractivity contribution in [1.82, 2.24) is 4.72 Å². The van der Waals surface area contributed by atoms with E-state index in [1.807, 2.05) is 18.2 Å². The number of sulfonamides is 1. The molecule has 0 spiro atoms. The highest BCUT2D eigenvalue weighted by Gasteiger charge is 2.25. The van der Waals surface area contributed by atoms with Gasteiger partial charge in [-0.05, 0) is 18.1 Å². The number of anilines is 1. The molecule has 1 aromatic carbocycles. The van der Waals surface area contributed by atoms with E-state index < -0.39 is 22.0 Å². The molecule has 118 valence electrons. The molecular weight excluding hydrogens is 310 g/mol. The third kappa shape index (κ3) is 5.94. The Morgan fingerprint density at radius 2 is 1.95 bits per heavy atom. The van der Waals surface area contributed by atoms with E-state index in [1.165, 1.54) is 11.8 Å². The van der Waals surface area contributed by atoms with Crippen LogP contribution < -0.4 is 16.2 Å². The van der Waals surface area contributed by atoms with Gasteiger partial charge in [-0.15, -0.1) is 11.8 Å². The summed E-state index contributed by atoms with van der Waals surface area (Å²) in [5, 5.41) is 0. The molecule has 8 heteroatoms. The molecule has 0 radical (unpaired) electrons. The molecule has 21 heavy (non-hydrogen) atoms. The van der Waals surface area contributed by atoms with Crippen molar-refractivity contribution in [1.29, 1.82) is 0 Å². The van der Waals surface area contributed by atoms with Gasteiger partial charge in [0.15, 0.2) is 0 Å². The summed E-state index contributed by atoms with van der Waals surface area (Å²) < 4.78 is 26.3. The van der Waals surface area contributed by atoms with Crippen molar-refractivity contribution in [2.45, 2.75) is 24.8 Å². The van der Waals surface area contributed by atoms with Crippen LogP contribution in [0.1, 0.15) is 13.8 Å². The molecule has 5 N–H and O–H groups in total. The van der Waals surface area contributed by atoms with Gasteiger partial charge in [0.05, 0.1) is 5.75 Å². The van der Waals surface area contributed by atoms with Gasteiger partial charge in [0, 0.05) is 16.3 Å². The number of nitrogens with one attached hydrogen (secondary N) is 1. The van der Waals surface area contributed by atoms with Gasteiger partial charge < -0.3 is 11.5 Å². The summed E-state index contributed by atoms with van der Waals surface area (Å²) in [7, 11) is -3.57. The molecule has 0 saturated carbocycles. The maximum absolute atomic E-state index is 12.0. The first-order valence-electron chi connectivity index (χ1n) is 6.49. The summed E-state index contributed by atoms with van der Waals surface area (Å²) in [5.74, 6) is -0.640. The van der Waals surface area contributed by atoms with Crippen LogP contribution in [-0.4, -0.2) is 31.9 Å². The zero-order valence-electron chi connectivity index (χ0n) is 12.1. The maximum Gasteiger partial charge on any atom is 0.235 e. The van der Waals surface area contributed by atoms with E-state index in [2.05, 4.69) is 4.72 Å². The van der Waals surface area contributed by atoms with Gasteiger partial charge in [0.2, 0.25) is 15.9 Å². The third-order valence-electron chi connectivity index (χ3n) is 2.81. The lowest BCUT2D eigenvalue weighted by molar-refractivity contribution is -0.120. The minimum atomic E-state index is -3.57. The second kappa shape index (κ2) is 7.67. The monoisotopic (exact) mass is 331 g/mol. The van der Waals surface area contributed by atoms with E-state index in [9.17, 15) is 13.2 Å². The molecule has 0 aliphatic heterocycles. The number of primary amides is 1. The van der Waals surface area contributed by atoms with Crippen LogP contribution in [0.25, 0.3) is 0 Å². The number of rotatable bonds is 8. The fourth-order valence-corrected chi connectivity index (χ4v) is 4.38. The Hall–Kier alpha value is -1.25. The maximum atomic E-state index is 12.0. The van der Waals surface area contributed by atoms with Crippen LogP contribution in [0.4, 0.5) is 5.69 Å². The third-order valence-corrected chi connectivity index (χ3v) is 5.51.